The average Bonchev–Trinajstić information content (AvgIpc) is 3.21. The highest BCUT2D eigenvalue weighted by Crippen LogP contribution is 2.48. The topological polar surface area (TPSA) is 112 Å². The zero-order valence-corrected chi connectivity index (χ0v) is 17.3. The van der Waals surface area contributed by atoms with Crippen molar-refractivity contribution in [3.05, 3.63) is 24.2 Å². The number of fused-ring (bicyclic) bond motifs is 1. The van der Waals surface area contributed by atoms with Gasteiger partial charge < -0.3 is 15.3 Å². The molecule has 2 aliphatic rings. The molecule has 32 heavy (non-hydrogen) atoms. The maximum Gasteiger partial charge on any atom is 0.408 e. The second-order valence-electron chi connectivity index (χ2n) is 8.57. The standard InChI is InChI=1S/C20H22F3N7O2/c1-11-16(26-18(32)29-5-2-13(31)7-19(29)3-4-19)17(28-27-11)14-6-15-12(8-24-14)9-25-30(15)10-20(21,22)23/h6,8-9,13,31H,2-5,7,10H2,1H3,(H,26,32)(H,27,28). The van der Waals surface area contributed by atoms with Gasteiger partial charge in [0.25, 0.3) is 0 Å². The van der Waals surface area contributed by atoms with Crippen LogP contribution in [-0.4, -0.2) is 65.4 Å². The van der Waals surface area contributed by atoms with Gasteiger partial charge in [-0.2, -0.15) is 23.4 Å². The zero-order valence-electron chi connectivity index (χ0n) is 17.3. The molecule has 5 rings (SSSR count). The Morgan fingerprint density at radius 3 is 2.88 bits per heavy atom. The molecule has 3 aromatic heterocycles. The first-order chi connectivity index (χ1) is 15.2. The van der Waals surface area contributed by atoms with E-state index in [4.69, 9.17) is 0 Å². The molecule has 3 aromatic rings. The van der Waals surface area contributed by atoms with Gasteiger partial charge in [0, 0.05) is 23.7 Å². The lowest BCUT2D eigenvalue weighted by Gasteiger charge is -2.38. The molecule has 170 valence electrons. The Hall–Kier alpha value is -3.15. The van der Waals surface area contributed by atoms with Gasteiger partial charge in [0.05, 0.1) is 34.9 Å². The number of rotatable bonds is 3. The number of anilines is 1. The van der Waals surface area contributed by atoms with Crippen LogP contribution in [0.5, 0.6) is 0 Å². The number of aliphatic hydroxyl groups is 1. The molecule has 3 N–H and O–H groups in total. The van der Waals surface area contributed by atoms with Crippen molar-refractivity contribution in [1.82, 2.24) is 29.9 Å². The number of hydrogen-bond acceptors (Lipinski definition) is 5. The SMILES string of the molecule is Cc1[nH]nc(-c2cc3c(cn2)cnn3CC(F)(F)F)c1NC(=O)N1CCC(O)CC12CC2. The molecule has 1 aliphatic carbocycles. The number of H-pyrrole nitrogens is 1. The Balaban J connectivity index is 1.44. The number of nitrogens with one attached hydrogen (secondary N) is 2. The van der Waals surface area contributed by atoms with Gasteiger partial charge in [0.2, 0.25) is 0 Å². The van der Waals surface area contributed by atoms with Crippen molar-refractivity contribution in [2.75, 3.05) is 11.9 Å². The molecule has 2 amide bonds. The summed E-state index contributed by atoms with van der Waals surface area (Å²) in [5.41, 5.74) is 1.65. The second kappa shape index (κ2) is 7.19. The van der Waals surface area contributed by atoms with E-state index >= 15 is 0 Å². The van der Waals surface area contributed by atoms with Gasteiger partial charge in [-0.25, -0.2) is 4.79 Å². The van der Waals surface area contributed by atoms with Gasteiger partial charge in [-0.1, -0.05) is 0 Å². The molecule has 0 bridgehead atoms. The Bertz CT molecular complexity index is 1180. The first-order valence-corrected chi connectivity index (χ1v) is 10.4. The van der Waals surface area contributed by atoms with Gasteiger partial charge in [0.1, 0.15) is 12.2 Å². The van der Waals surface area contributed by atoms with E-state index in [2.05, 4.69) is 25.6 Å². The highest BCUT2D eigenvalue weighted by Gasteiger charge is 2.53. The second-order valence-corrected chi connectivity index (χ2v) is 8.57. The van der Waals surface area contributed by atoms with Gasteiger partial charge in [-0.05, 0) is 38.7 Å². The van der Waals surface area contributed by atoms with Crippen LogP contribution in [0, 0.1) is 6.92 Å². The van der Waals surface area contributed by atoms with Crippen LogP contribution in [0.2, 0.25) is 0 Å². The van der Waals surface area contributed by atoms with Crippen LogP contribution in [0.4, 0.5) is 23.7 Å². The number of halogens is 3. The summed E-state index contributed by atoms with van der Waals surface area (Å²) in [6, 6.07) is 1.20. The molecule has 4 heterocycles. The molecule has 1 spiro atoms. The number of urea groups is 1. The number of hydrogen-bond donors (Lipinski definition) is 3. The molecule has 1 unspecified atom stereocenters. The molecule has 0 radical (unpaired) electrons. The van der Waals surface area contributed by atoms with Crippen molar-refractivity contribution in [3.63, 3.8) is 0 Å². The molecule has 0 aromatic carbocycles. The summed E-state index contributed by atoms with van der Waals surface area (Å²) in [6.07, 6.45) is 0.761. The minimum atomic E-state index is -4.41. The van der Waals surface area contributed by atoms with Crippen LogP contribution in [0.25, 0.3) is 22.3 Å². The summed E-state index contributed by atoms with van der Waals surface area (Å²) in [7, 11) is 0. The number of alkyl halides is 3. The predicted molar refractivity (Wildman–Crippen MR) is 109 cm³/mol. The fourth-order valence-corrected chi connectivity index (χ4v) is 4.44. The largest absolute Gasteiger partial charge is 0.408 e. The number of pyridine rings is 1. The highest BCUT2D eigenvalue weighted by atomic mass is 19.4. The number of aryl methyl sites for hydroxylation is 1. The summed E-state index contributed by atoms with van der Waals surface area (Å²) in [6.45, 7) is 0.984. The van der Waals surface area contributed by atoms with Crippen LogP contribution in [0.3, 0.4) is 0 Å². The van der Waals surface area contributed by atoms with Crippen molar-refractivity contribution in [2.24, 2.45) is 0 Å². The number of carbonyl (C=O) groups is 1. The molecule has 1 atom stereocenters. The summed E-state index contributed by atoms with van der Waals surface area (Å²) >= 11 is 0. The molecule has 1 saturated heterocycles. The number of aromatic nitrogens is 5. The number of amides is 2. The van der Waals surface area contributed by atoms with Crippen LogP contribution in [-0.2, 0) is 6.54 Å². The van der Waals surface area contributed by atoms with Crippen LogP contribution >= 0.6 is 0 Å². The first kappa shape index (κ1) is 20.7. The van der Waals surface area contributed by atoms with Crippen molar-refractivity contribution < 1.29 is 23.1 Å². The lowest BCUT2D eigenvalue weighted by Crippen LogP contribution is -2.51. The van der Waals surface area contributed by atoms with E-state index in [0.717, 1.165) is 17.5 Å². The summed E-state index contributed by atoms with van der Waals surface area (Å²) in [4.78, 5) is 19.2. The van der Waals surface area contributed by atoms with Crippen molar-refractivity contribution in [2.45, 2.75) is 57.0 Å². The third kappa shape index (κ3) is 3.68. The number of aromatic amines is 1. The summed E-state index contributed by atoms with van der Waals surface area (Å²) in [5, 5.41) is 24.2. The number of carbonyl (C=O) groups excluding carboxylic acids is 1. The van der Waals surface area contributed by atoms with E-state index in [0.29, 0.717) is 47.5 Å². The predicted octanol–water partition coefficient (Wildman–Crippen LogP) is 3.21. The number of likely N-dealkylation sites (tertiary alicyclic amines) is 1. The summed E-state index contributed by atoms with van der Waals surface area (Å²) < 4.78 is 39.5. The molecule has 9 nitrogen and oxygen atoms in total. The van der Waals surface area contributed by atoms with Crippen molar-refractivity contribution in [1.29, 1.82) is 0 Å². The van der Waals surface area contributed by atoms with Crippen LogP contribution < -0.4 is 5.32 Å². The van der Waals surface area contributed by atoms with E-state index < -0.39 is 18.8 Å². The lowest BCUT2D eigenvalue weighted by atomic mass is 9.98. The van der Waals surface area contributed by atoms with E-state index in [1.54, 1.807) is 11.8 Å². The molecule has 1 saturated carbocycles. The van der Waals surface area contributed by atoms with Gasteiger partial charge in [-0.3, -0.25) is 14.8 Å². The minimum Gasteiger partial charge on any atom is -0.393 e. The van der Waals surface area contributed by atoms with Gasteiger partial charge >= 0.3 is 12.2 Å². The smallest absolute Gasteiger partial charge is 0.393 e. The Morgan fingerprint density at radius 2 is 2.16 bits per heavy atom. The van der Waals surface area contributed by atoms with Crippen molar-refractivity contribution >= 4 is 22.6 Å². The number of piperidine rings is 1. The molecule has 2 fully saturated rings. The van der Waals surface area contributed by atoms with E-state index in [9.17, 15) is 23.1 Å². The molecule has 1 aliphatic heterocycles. The fraction of sp³-hybridized carbons (Fsp3) is 0.500. The minimum absolute atomic E-state index is 0.271. The first-order valence-electron chi connectivity index (χ1n) is 10.4. The third-order valence-electron chi connectivity index (χ3n) is 6.22. The van der Waals surface area contributed by atoms with Gasteiger partial charge in [-0.15, -0.1) is 0 Å². The number of aliphatic hydroxyl groups excluding tert-OH is 1. The molecular formula is C20H22F3N7O2. The van der Waals surface area contributed by atoms with E-state index in [-0.39, 0.29) is 17.1 Å². The van der Waals surface area contributed by atoms with Crippen LogP contribution in [0.1, 0.15) is 31.4 Å². The Kier molecular flexibility index (Phi) is 4.66. The maximum atomic E-state index is 13.1. The van der Waals surface area contributed by atoms with E-state index in [1.165, 1.54) is 18.5 Å². The fourth-order valence-electron chi connectivity index (χ4n) is 4.44. The monoisotopic (exact) mass is 449 g/mol. The normalized spacial score (nSPS) is 20.2. The quantitative estimate of drug-likeness (QED) is 0.569. The lowest BCUT2D eigenvalue weighted by molar-refractivity contribution is -0.141. The van der Waals surface area contributed by atoms with Crippen LogP contribution in [0.15, 0.2) is 18.5 Å². The highest BCUT2D eigenvalue weighted by molar-refractivity contribution is 5.95. The zero-order chi connectivity index (χ0) is 22.7. The van der Waals surface area contributed by atoms with Crippen molar-refractivity contribution in [3.8, 4) is 11.4 Å². The summed E-state index contributed by atoms with van der Waals surface area (Å²) in [5.74, 6) is 0. The van der Waals surface area contributed by atoms with Gasteiger partial charge in [0.15, 0.2) is 0 Å². The number of nitrogens with zero attached hydrogens (tertiary/aromatic N) is 5. The molecule has 12 heteroatoms. The van der Waals surface area contributed by atoms with E-state index in [1.807, 2.05) is 0 Å². The molecular weight excluding hydrogens is 427 g/mol. The average molecular weight is 449 g/mol. The Morgan fingerprint density at radius 1 is 1.38 bits per heavy atom. The Labute approximate surface area is 180 Å². The maximum absolute atomic E-state index is 13.1. The third-order valence-corrected chi connectivity index (χ3v) is 6.22.